The first-order valence-corrected chi connectivity index (χ1v) is 12.2. The van der Waals surface area contributed by atoms with E-state index in [1.807, 2.05) is 19.1 Å². The summed E-state index contributed by atoms with van der Waals surface area (Å²) in [5.74, 6) is 0.821. The van der Waals surface area contributed by atoms with Gasteiger partial charge in [-0.1, -0.05) is 35.8 Å². The molecule has 10 nitrogen and oxygen atoms in total. The Morgan fingerprint density at radius 2 is 1.89 bits per heavy atom. The number of rotatable bonds is 7. The molecule has 1 saturated heterocycles. The number of hydrogen-bond donors (Lipinski definition) is 2. The Labute approximate surface area is 217 Å². The van der Waals surface area contributed by atoms with Gasteiger partial charge in [-0.25, -0.2) is 4.79 Å². The molecule has 37 heavy (non-hydrogen) atoms. The van der Waals surface area contributed by atoms with Gasteiger partial charge in [-0.05, 0) is 50.6 Å². The third-order valence-electron chi connectivity index (χ3n) is 6.00. The average molecular weight is 528 g/mol. The summed E-state index contributed by atoms with van der Waals surface area (Å²) in [6, 6.07) is 12.5. The molecule has 0 saturated carbocycles. The Morgan fingerprint density at radius 3 is 2.59 bits per heavy atom. The zero-order chi connectivity index (χ0) is 26.2. The Bertz CT molecular complexity index is 1440. The molecule has 0 spiro atoms. The van der Waals surface area contributed by atoms with E-state index in [2.05, 4.69) is 15.5 Å². The number of benzene rings is 2. The molecule has 0 radical (unpaired) electrons. The van der Waals surface area contributed by atoms with Crippen LogP contribution < -0.4 is 10.1 Å². The normalized spacial score (nSPS) is 16.5. The third-order valence-corrected chi connectivity index (χ3v) is 6.29. The molecule has 2 aromatic heterocycles. The molecule has 4 aromatic rings. The van der Waals surface area contributed by atoms with Crippen LogP contribution in [0.25, 0.3) is 33.8 Å². The van der Waals surface area contributed by atoms with E-state index in [1.165, 1.54) is 0 Å². The lowest BCUT2D eigenvalue weighted by molar-refractivity contribution is -0.274. The summed E-state index contributed by atoms with van der Waals surface area (Å²) in [6.07, 6.45) is -0.332. The van der Waals surface area contributed by atoms with Crippen molar-refractivity contribution in [1.29, 1.82) is 0 Å². The van der Waals surface area contributed by atoms with Gasteiger partial charge in [0, 0.05) is 16.5 Å². The van der Waals surface area contributed by atoms with Crippen molar-refractivity contribution in [2.45, 2.75) is 38.5 Å². The molecular formula is C26H26ClN3O7. The number of ether oxygens (including phenoxy) is 3. The second kappa shape index (κ2) is 9.70. The Kier molecular flexibility index (Phi) is 6.57. The molecule has 11 heteroatoms. The van der Waals surface area contributed by atoms with E-state index in [-0.39, 0.29) is 13.2 Å². The fourth-order valence-electron chi connectivity index (χ4n) is 3.99. The molecule has 1 aliphatic rings. The minimum atomic E-state index is -1.21. The second-order valence-corrected chi connectivity index (χ2v) is 9.68. The van der Waals surface area contributed by atoms with E-state index in [9.17, 15) is 9.90 Å². The van der Waals surface area contributed by atoms with Crippen molar-refractivity contribution in [2.24, 2.45) is 0 Å². The number of amides is 1. The Hall–Kier alpha value is -3.60. The molecule has 1 fully saturated rings. The topological polar surface area (TPSA) is 129 Å². The van der Waals surface area contributed by atoms with Crippen molar-refractivity contribution in [3.05, 3.63) is 53.2 Å². The van der Waals surface area contributed by atoms with Crippen LogP contribution >= 0.6 is 11.6 Å². The summed E-state index contributed by atoms with van der Waals surface area (Å²) < 4.78 is 28.7. The number of fused-ring (bicyclic) bond motifs is 1. The van der Waals surface area contributed by atoms with E-state index in [4.69, 9.17) is 34.8 Å². The highest BCUT2D eigenvalue weighted by Gasteiger charge is 2.45. The monoisotopic (exact) mass is 527 g/mol. The first kappa shape index (κ1) is 25.1. The average Bonchev–Trinajstić information content (AvgIpc) is 3.52. The SMILES string of the molecule is CCCOc1ccc(-c2nc(-c3ccc4cc(C5(NC(=O)O)COC(C)(C)OC5)oc4c3)no2)cc1Cl. The summed E-state index contributed by atoms with van der Waals surface area (Å²) >= 11 is 6.34. The number of nitrogens with one attached hydrogen (secondary N) is 1. The molecule has 3 heterocycles. The highest BCUT2D eigenvalue weighted by Crippen LogP contribution is 2.36. The highest BCUT2D eigenvalue weighted by atomic mass is 35.5. The number of carbonyl (C=O) groups is 1. The fourth-order valence-corrected chi connectivity index (χ4v) is 4.22. The van der Waals surface area contributed by atoms with Crippen molar-refractivity contribution >= 4 is 28.7 Å². The highest BCUT2D eigenvalue weighted by molar-refractivity contribution is 6.32. The van der Waals surface area contributed by atoms with Crippen LogP contribution in [-0.4, -0.2) is 46.9 Å². The Balaban J connectivity index is 1.42. The van der Waals surface area contributed by atoms with Crippen molar-refractivity contribution < 1.29 is 33.1 Å². The molecule has 2 aromatic carbocycles. The van der Waals surface area contributed by atoms with Crippen LogP contribution in [0.4, 0.5) is 4.79 Å². The van der Waals surface area contributed by atoms with Crippen molar-refractivity contribution in [1.82, 2.24) is 15.5 Å². The lowest BCUT2D eigenvalue weighted by atomic mass is 9.96. The number of furan rings is 1. The molecule has 194 valence electrons. The molecule has 5 rings (SSSR count). The van der Waals surface area contributed by atoms with Crippen molar-refractivity contribution in [3.8, 4) is 28.6 Å². The molecule has 0 aliphatic carbocycles. The smallest absolute Gasteiger partial charge is 0.405 e. The van der Waals surface area contributed by atoms with Gasteiger partial charge in [0.2, 0.25) is 5.82 Å². The largest absolute Gasteiger partial charge is 0.492 e. The second-order valence-electron chi connectivity index (χ2n) is 9.27. The van der Waals surface area contributed by atoms with Gasteiger partial charge in [0.25, 0.3) is 5.89 Å². The number of halogens is 1. The Morgan fingerprint density at radius 1 is 1.14 bits per heavy atom. The summed E-state index contributed by atoms with van der Waals surface area (Å²) in [5, 5.41) is 17.3. The van der Waals surface area contributed by atoms with Gasteiger partial charge < -0.3 is 33.6 Å². The zero-order valence-corrected chi connectivity index (χ0v) is 21.3. The van der Waals surface area contributed by atoms with Gasteiger partial charge in [-0.15, -0.1) is 0 Å². The molecule has 0 unspecified atom stereocenters. The minimum Gasteiger partial charge on any atom is -0.492 e. The van der Waals surface area contributed by atoms with Crippen LogP contribution in [0.3, 0.4) is 0 Å². The number of hydrogen-bond acceptors (Lipinski definition) is 8. The van der Waals surface area contributed by atoms with Crippen molar-refractivity contribution in [2.75, 3.05) is 19.8 Å². The maximum Gasteiger partial charge on any atom is 0.405 e. The molecule has 0 atom stereocenters. The predicted octanol–water partition coefficient (Wildman–Crippen LogP) is 5.84. The molecule has 1 amide bonds. The van der Waals surface area contributed by atoms with Crippen LogP contribution in [0.15, 0.2) is 51.4 Å². The van der Waals surface area contributed by atoms with Crippen LogP contribution in [0, 0.1) is 0 Å². The van der Waals surface area contributed by atoms with Gasteiger partial charge in [-0.3, -0.25) is 0 Å². The van der Waals surface area contributed by atoms with E-state index in [0.717, 1.165) is 11.8 Å². The van der Waals surface area contributed by atoms with E-state index in [0.29, 0.717) is 51.6 Å². The number of aromatic nitrogens is 2. The lowest BCUT2D eigenvalue weighted by Gasteiger charge is -2.41. The lowest BCUT2D eigenvalue weighted by Crippen LogP contribution is -2.58. The summed E-state index contributed by atoms with van der Waals surface area (Å²) in [5.41, 5.74) is 0.660. The maximum atomic E-state index is 11.6. The van der Waals surface area contributed by atoms with Crippen molar-refractivity contribution in [3.63, 3.8) is 0 Å². The van der Waals surface area contributed by atoms with Gasteiger partial charge in [0.15, 0.2) is 5.79 Å². The molecule has 2 N–H and O–H groups in total. The summed E-state index contributed by atoms with van der Waals surface area (Å²) in [6.45, 7) is 6.24. The van der Waals surface area contributed by atoms with E-state index in [1.54, 1.807) is 44.2 Å². The first-order valence-electron chi connectivity index (χ1n) is 11.8. The summed E-state index contributed by atoms with van der Waals surface area (Å²) in [4.78, 5) is 16.1. The van der Waals surface area contributed by atoms with Gasteiger partial charge in [0.05, 0.1) is 24.8 Å². The van der Waals surface area contributed by atoms with Crippen LogP contribution in [0.1, 0.15) is 33.0 Å². The molecule has 1 aliphatic heterocycles. The van der Waals surface area contributed by atoms with E-state index >= 15 is 0 Å². The molecule has 0 bridgehead atoms. The van der Waals surface area contributed by atoms with Crippen LogP contribution in [-0.2, 0) is 15.0 Å². The first-order chi connectivity index (χ1) is 17.7. The zero-order valence-electron chi connectivity index (χ0n) is 20.5. The number of nitrogens with zero attached hydrogens (tertiary/aromatic N) is 2. The standard InChI is InChI=1S/C26H26ClN3O7/c1-4-9-33-19-8-7-17(10-18(19)27)23-28-22(30-37-23)16-6-5-15-12-21(36-20(15)11-16)26(29-24(31)32)13-34-25(2,3)35-14-26/h5-8,10-12,29H,4,9,13-14H2,1-3H3,(H,31,32). The summed E-state index contributed by atoms with van der Waals surface area (Å²) in [7, 11) is 0. The quantitative estimate of drug-likeness (QED) is 0.304. The van der Waals surface area contributed by atoms with Gasteiger partial charge in [-0.2, -0.15) is 4.98 Å². The minimum absolute atomic E-state index is 0.0536. The van der Waals surface area contributed by atoms with E-state index < -0.39 is 17.4 Å². The third kappa shape index (κ3) is 5.13. The predicted molar refractivity (Wildman–Crippen MR) is 135 cm³/mol. The number of carboxylic acid groups (broad SMARTS) is 1. The van der Waals surface area contributed by atoms with Gasteiger partial charge >= 0.3 is 6.09 Å². The maximum absolute atomic E-state index is 11.6. The van der Waals surface area contributed by atoms with Crippen LogP contribution in [0.5, 0.6) is 5.75 Å². The van der Waals surface area contributed by atoms with Gasteiger partial charge in [0.1, 0.15) is 22.6 Å². The molecular weight excluding hydrogens is 502 g/mol. The van der Waals surface area contributed by atoms with Crippen LogP contribution in [0.2, 0.25) is 5.02 Å². The fraction of sp³-hybridized carbons (Fsp3) is 0.346.